The Kier molecular flexibility index (Phi) is 4.58. The number of para-hydroxylation sites is 1. The highest BCUT2D eigenvalue weighted by atomic mass is 16.5. The SMILES string of the molecule is COc1cc(C)c(NC(C)c2ccccc2O)cc1OC. The van der Waals surface area contributed by atoms with Crippen LogP contribution in [0.5, 0.6) is 17.2 Å². The molecule has 0 fully saturated rings. The number of rotatable bonds is 5. The number of hydrogen-bond donors (Lipinski definition) is 2. The quantitative estimate of drug-likeness (QED) is 0.876. The molecular formula is C17H21NO3. The highest BCUT2D eigenvalue weighted by Crippen LogP contribution is 2.35. The van der Waals surface area contributed by atoms with Crippen molar-refractivity contribution in [2.24, 2.45) is 0 Å². The van der Waals surface area contributed by atoms with Crippen LogP contribution in [0.4, 0.5) is 5.69 Å². The van der Waals surface area contributed by atoms with Crippen molar-refractivity contribution in [2.75, 3.05) is 19.5 Å². The molecule has 1 atom stereocenters. The van der Waals surface area contributed by atoms with E-state index in [1.807, 2.05) is 44.2 Å². The first kappa shape index (κ1) is 15.0. The molecule has 0 bridgehead atoms. The molecule has 0 aliphatic carbocycles. The van der Waals surface area contributed by atoms with Gasteiger partial charge in [0.1, 0.15) is 5.75 Å². The summed E-state index contributed by atoms with van der Waals surface area (Å²) in [5.74, 6) is 1.67. The number of phenols is 1. The van der Waals surface area contributed by atoms with Crippen LogP contribution in [-0.4, -0.2) is 19.3 Å². The second-order valence-electron chi connectivity index (χ2n) is 4.95. The molecule has 1 unspecified atom stereocenters. The number of methoxy groups -OCH3 is 2. The van der Waals surface area contributed by atoms with Gasteiger partial charge in [-0.15, -0.1) is 0 Å². The molecule has 0 aliphatic heterocycles. The summed E-state index contributed by atoms with van der Waals surface area (Å²) in [6.07, 6.45) is 0. The van der Waals surface area contributed by atoms with E-state index in [4.69, 9.17) is 9.47 Å². The fraction of sp³-hybridized carbons (Fsp3) is 0.294. The first-order chi connectivity index (χ1) is 10.1. The average molecular weight is 287 g/mol. The van der Waals surface area contributed by atoms with Crippen LogP contribution in [0.2, 0.25) is 0 Å². The van der Waals surface area contributed by atoms with Crippen molar-refractivity contribution in [3.8, 4) is 17.2 Å². The predicted octanol–water partition coefficient (Wildman–Crippen LogP) is 3.89. The molecule has 0 heterocycles. The number of nitrogens with one attached hydrogen (secondary N) is 1. The van der Waals surface area contributed by atoms with Gasteiger partial charge in [0.2, 0.25) is 0 Å². The molecule has 0 amide bonds. The molecule has 0 saturated heterocycles. The largest absolute Gasteiger partial charge is 0.508 e. The number of hydrogen-bond acceptors (Lipinski definition) is 4. The number of ether oxygens (including phenoxy) is 2. The van der Waals surface area contributed by atoms with Crippen LogP contribution < -0.4 is 14.8 Å². The van der Waals surface area contributed by atoms with E-state index < -0.39 is 0 Å². The second kappa shape index (κ2) is 6.39. The third kappa shape index (κ3) is 3.21. The van der Waals surface area contributed by atoms with Gasteiger partial charge in [-0.05, 0) is 31.5 Å². The van der Waals surface area contributed by atoms with E-state index in [9.17, 15) is 5.11 Å². The normalized spacial score (nSPS) is 11.8. The van der Waals surface area contributed by atoms with E-state index in [0.29, 0.717) is 11.5 Å². The fourth-order valence-corrected chi connectivity index (χ4v) is 2.30. The minimum absolute atomic E-state index is 0.0250. The lowest BCUT2D eigenvalue weighted by Gasteiger charge is -2.20. The lowest BCUT2D eigenvalue weighted by Crippen LogP contribution is -2.08. The molecule has 0 aliphatic rings. The lowest BCUT2D eigenvalue weighted by atomic mass is 10.1. The van der Waals surface area contributed by atoms with Crippen LogP contribution in [-0.2, 0) is 0 Å². The first-order valence-electron chi connectivity index (χ1n) is 6.84. The molecule has 2 rings (SSSR count). The van der Waals surface area contributed by atoms with Crippen molar-refractivity contribution in [1.82, 2.24) is 0 Å². The Bertz CT molecular complexity index is 625. The third-order valence-electron chi connectivity index (χ3n) is 3.51. The van der Waals surface area contributed by atoms with Gasteiger partial charge in [0.15, 0.2) is 11.5 Å². The number of anilines is 1. The number of aromatic hydroxyl groups is 1. The van der Waals surface area contributed by atoms with Gasteiger partial charge in [0.05, 0.1) is 20.3 Å². The molecular weight excluding hydrogens is 266 g/mol. The summed E-state index contributed by atoms with van der Waals surface area (Å²) in [7, 11) is 3.23. The standard InChI is InChI=1S/C17H21NO3/c1-11-9-16(20-3)17(21-4)10-14(11)18-12(2)13-7-5-6-8-15(13)19/h5-10,12,18-19H,1-4H3. The number of aryl methyl sites for hydroxylation is 1. The minimum Gasteiger partial charge on any atom is -0.508 e. The third-order valence-corrected chi connectivity index (χ3v) is 3.51. The Morgan fingerprint density at radius 2 is 1.67 bits per heavy atom. The summed E-state index contributed by atoms with van der Waals surface area (Å²) in [6, 6.07) is 11.1. The van der Waals surface area contributed by atoms with Crippen molar-refractivity contribution < 1.29 is 14.6 Å². The highest BCUT2D eigenvalue weighted by molar-refractivity contribution is 5.61. The van der Waals surface area contributed by atoms with Gasteiger partial charge < -0.3 is 19.9 Å². The van der Waals surface area contributed by atoms with Crippen molar-refractivity contribution >= 4 is 5.69 Å². The Balaban J connectivity index is 2.29. The van der Waals surface area contributed by atoms with Gasteiger partial charge in [-0.3, -0.25) is 0 Å². The first-order valence-corrected chi connectivity index (χ1v) is 6.84. The zero-order chi connectivity index (χ0) is 15.4. The highest BCUT2D eigenvalue weighted by Gasteiger charge is 2.13. The number of phenolic OH excluding ortho intramolecular Hbond substituents is 1. The van der Waals surface area contributed by atoms with E-state index in [2.05, 4.69) is 5.32 Å². The Morgan fingerprint density at radius 3 is 2.29 bits per heavy atom. The van der Waals surface area contributed by atoms with E-state index in [1.54, 1.807) is 20.3 Å². The van der Waals surface area contributed by atoms with Gasteiger partial charge >= 0.3 is 0 Å². The van der Waals surface area contributed by atoms with Crippen molar-refractivity contribution in [3.05, 3.63) is 47.5 Å². The van der Waals surface area contributed by atoms with Crippen molar-refractivity contribution in [2.45, 2.75) is 19.9 Å². The fourth-order valence-electron chi connectivity index (χ4n) is 2.30. The van der Waals surface area contributed by atoms with Gasteiger partial charge in [-0.2, -0.15) is 0 Å². The zero-order valence-electron chi connectivity index (χ0n) is 12.8. The lowest BCUT2D eigenvalue weighted by molar-refractivity contribution is 0.355. The maximum atomic E-state index is 9.93. The van der Waals surface area contributed by atoms with E-state index in [1.165, 1.54) is 0 Å². The molecule has 2 aromatic carbocycles. The molecule has 2 N–H and O–H groups in total. The summed E-state index contributed by atoms with van der Waals surface area (Å²) in [6.45, 7) is 4.01. The topological polar surface area (TPSA) is 50.7 Å². The second-order valence-corrected chi connectivity index (χ2v) is 4.95. The molecule has 0 saturated carbocycles. The smallest absolute Gasteiger partial charge is 0.162 e. The van der Waals surface area contributed by atoms with Gasteiger partial charge in [0, 0.05) is 17.3 Å². The van der Waals surface area contributed by atoms with Crippen LogP contribution in [0.15, 0.2) is 36.4 Å². The van der Waals surface area contributed by atoms with Gasteiger partial charge in [-0.1, -0.05) is 18.2 Å². The van der Waals surface area contributed by atoms with Crippen LogP contribution in [0.3, 0.4) is 0 Å². The van der Waals surface area contributed by atoms with E-state index in [0.717, 1.165) is 16.8 Å². The van der Waals surface area contributed by atoms with E-state index in [-0.39, 0.29) is 11.8 Å². The van der Waals surface area contributed by atoms with Crippen LogP contribution in [0.25, 0.3) is 0 Å². The van der Waals surface area contributed by atoms with Crippen molar-refractivity contribution in [3.63, 3.8) is 0 Å². The van der Waals surface area contributed by atoms with Crippen LogP contribution in [0.1, 0.15) is 24.1 Å². The number of benzene rings is 2. The summed E-state index contributed by atoms with van der Waals surface area (Å²) in [4.78, 5) is 0. The maximum absolute atomic E-state index is 9.93. The molecule has 4 nitrogen and oxygen atoms in total. The molecule has 4 heteroatoms. The Morgan fingerprint density at radius 1 is 1.05 bits per heavy atom. The summed E-state index contributed by atoms with van der Waals surface area (Å²) in [5.41, 5.74) is 2.85. The summed E-state index contributed by atoms with van der Waals surface area (Å²) in [5, 5.41) is 13.3. The average Bonchev–Trinajstić information content (AvgIpc) is 2.49. The molecule has 21 heavy (non-hydrogen) atoms. The molecule has 0 aromatic heterocycles. The van der Waals surface area contributed by atoms with Gasteiger partial charge in [-0.25, -0.2) is 0 Å². The summed E-state index contributed by atoms with van der Waals surface area (Å²) < 4.78 is 10.6. The van der Waals surface area contributed by atoms with Crippen LogP contribution >= 0.6 is 0 Å². The molecule has 0 spiro atoms. The molecule has 2 aromatic rings. The monoisotopic (exact) mass is 287 g/mol. The Hall–Kier alpha value is -2.36. The summed E-state index contributed by atoms with van der Waals surface area (Å²) >= 11 is 0. The van der Waals surface area contributed by atoms with Crippen molar-refractivity contribution in [1.29, 1.82) is 0 Å². The van der Waals surface area contributed by atoms with E-state index >= 15 is 0 Å². The predicted molar refractivity (Wildman–Crippen MR) is 84.4 cm³/mol. The van der Waals surface area contributed by atoms with Crippen LogP contribution in [0, 0.1) is 6.92 Å². The molecule has 112 valence electrons. The zero-order valence-corrected chi connectivity index (χ0v) is 12.8. The maximum Gasteiger partial charge on any atom is 0.162 e. The molecule has 0 radical (unpaired) electrons. The van der Waals surface area contributed by atoms with Gasteiger partial charge in [0.25, 0.3) is 0 Å². The Labute approximate surface area is 125 Å². The minimum atomic E-state index is -0.0250.